The molecular formula is C17H19N5O2S. The highest BCUT2D eigenvalue weighted by Crippen LogP contribution is 2.29. The summed E-state index contributed by atoms with van der Waals surface area (Å²) in [4.78, 5) is 36.3. The fourth-order valence-corrected chi connectivity index (χ4v) is 4.19. The minimum atomic E-state index is -0.0673. The Bertz CT molecular complexity index is 786. The molecule has 130 valence electrons. The summed E-state index contributed by atoms with van der Waals surface area (Å²) in [6.07, 6.45) is 3.19. The molecule has 0 radical (unpaired) electrons. The largest absolute Gasteiger partial charge is 0.332 e. The minimum absolute atomic E-state index is 0.0168. The van der Waals surface area contributed by atoms with Crippen LogP contribution < -0.4 is 10.6 Å². The van der Waals surface area contributed by atoms with Gasteiger partial charge in [-0.3, -0.25) is 14.6 Å². The zero-order valence-electron chi connectivity index (χ0n) is 13.7. The number of amides is 2. The fraction of sp³-hybridized carbons (Fsp3) is 0.412. The van der Waals surface area contributed by atoms with Gasteiger partial charge in [0, 0.05) is 30.6 Å². The molecule has 2 N–H and O–H groups in total. The Kier molecular flexibility index (Phi) is 4.46. The molecule has 1 fully saturated rings. The molecule has 2 aromatic heterocycles. The van der Waals surface area contributed by atoms with Crippen molar-refractivity contribution >= 4 is 28.3 Å². The van der Waals surface area contributed by atoms with Crippen LogP contribution in [0.15, 0.2) is 24.4 Å². The Morgan fingerprint density at radius 3 is 3.04 bits per heavy atom. The van der Waals surface area contributed by atoms with E-state index in [-0.39, 0.29) is 17.7 Å². The maximum Gasteiger partial charge on any atom is 0.272 e. The normalized spacial score (nSPS) is 19.5. The van der Waals surface area contributed by atoms with E-state index in [1.807, 2.05) is 6.07 Å². The first-order valence-electron chi connectivity index (χ1n) is 8.41. The van der Waals surface area contributed by atoms with E-state index in [2.05, 4.69) is 20.6 Å². The van der Waals surface area contributed by atoms with E-state index in [1.165, 1.54) is 11.3 Å². The van der Waals surface area contributed by atoms with Crippen molar-refractivity contribution in [2.75, 3.05) is 25.0 Å². The van der Waals surface area contributed by atoms with Crippen molar-refractivity contribution in [3.63, 3.8) is 0 Å². The molecule has 4 heterocycles. The maximum absolute atomic E-state index is 12.5. The van der Waals surface area contributed by atoms with Gasteiger partial charge in [-0.15, -0.1) is 0 Å². The van der Waals surface area contributed by atoms with Crippen LogP contribution >= 0.6 is 11.3 Å². The van der Waals surface area contributed by atoms with Gasteiger partial charge in [0.05, 0.1) is 18.2 Å². The Morgan fingerprint density at radius 2 is 2.28 bits per heavy atom. The number of carbonyl (C=O) groups is 2. The van der Waals surface area contributed by atoms with Gasteiger partial charge in [-0.25, -0.2) is 4.98 Å². The van der Waals surface area contributed by atoms with Crippen molar-refractivity contribution in [3.8, 4) is 0 Å². The van der Waals surface area contributed by atoms with Gasteiger partial charge in [0.1, 0.15) is 5.69 Å². The number of pyridine rings is 1. The van der Waals surface area contributed by atoms with E-state index in [0.29, 0.717) is 30.3 Å². The summed E-state index contributed by atoms with van der Waals surface area (Å²) < 4.78 is 0. The Balaban J connectivity index is 1.44. The third kappa shape index (κ3) is 3.40. The minimum Gasteiger partial charge on any atom is -0.332 e. The smallest absolute Gasteiger partial charge is 0.272 e. The summed E-state index contributed by atoms with van der Waals surface area (Å²) in [5.41, 5.74) is 1.44. The number of nitrogens with zero attached hydrogens (tertiary/aromatic N) is 3. The molecule has 0 bridgehead atoms. The molecule has 25 heavy (non-hydrogen) atoms. The van der Waals surface area contributed by atoms with Crippen LogP contribution in [0.3, 0.4) is 0 Å². The lowest BCUT2D eigenvalue weighted by Gasteiger charge is -2.25. The highest BCUT2D eigenvalue weighted by molar-refractivity contribution is 7.15. The van der Waals surface area contributed by atoms with Crippen LogP contribution in [0.1, 0.15) is 27.5 Å². The van der Waals surface area contributed by atoms with Gasteiger partial charge in [0.25, 0.3) is 5.91 Å². The molecule has 7 nitrogen and oxygen atoms in total. The third-order valence-electron chi connectivity index (χ3n) is 4.56. The second kappa shape index (κ2) is 6.89. The Morgan fingerprint density at radius 1 is 1.36 bits per heavy atom. The number of carbonyl (C=O) groups excluding carboxylic acids is 2. The lowest BCUT2D eigenvalue weighted by molar-refractivity contribution is -0.119. The standard InChI is InChI=1S/C17H19N5O2S/c23-15(11-4-7-18-9-11)21-17-20-12-5-8-22(10-14(12)25-17)16(24)13-3-1-2-6-19-13/h1-3,6,11,18H,4-5,7-10H2,(H,20,21,23)/t11-/m0/s1. The molecule has 0 aromatic carbocycles. The van der Waals surface area contributed by atoms with E-state index in [0.717, 1.165) is 30.1 Å². The van der Waals surface area contributed by atoms with Gasteiger partial charge in [-0.2, -0.15) is 0 Å². The molecule has 4 rings (SSSR count). The van der Waals surface area contributed by atoms with E-state index in [9.17, 15) is 9.59 Å². The highest BCUT2D eigenvalue weighted by Gasteiger charge is 2.27. The van der Waals surface area contributed by atoms with Crippen LogP contribution in [0.5, 0.6) is 0 Å². The van der Waals surface area contributed by atoms with Crippen LogP contribution in [0.25, 0.3) is 0 Å². The molecule has 2 amide bonds. The van der Waals surface area contributed by atoms with Gasteiger partial charge in [-0.1, -0.05) is 17.4 Å². The van der Waals surface area contributed by atoms with Crippen molar-refractivity contribution in [1.29, 1.82) is 0 Å². The number of anilines is 1. The van der Waals surface area contributed by atoms with Crippen molar-refractivity contribution in [1.82, 2.24) is 20.2 Å². The van der Waals surface area contributed by atoms with Crippen LogP contribution in [-0.2, 0) is 17.8 Å². The monoisotopic (exact) mass is 357 g/mol. The number of fused-ring (bicyclic) bond motifs is 1. The molecule has 0 saturated carbocycles. The molecule has 1 saturated heterocycles. The number of nitrogens with one attached hydrogen (secondary N) is 2. The summed E-state index contributed by atoms with van der Waals surface area (Å²) >= 11 is 1.46. The van der Waals surface area contributed by atoms with Crippen LogP contribution in [0.2, 0.25) is 0 Å². The van der Waals surface area contributed by atoms with Gasteiger partial charge in [0.15, 0.2) is 5.13 Å². The number of rotatable bonds is 3. The van der Waals surface area contributed by atoms with Gasteiger partial charge in [0.2, 0.25) is 5.91 Å². The van der Waals surface area contributed by atoms with Crippen molar-refractivity contribution in [3.05, 3.63) is 40.7 Å². The molecule has 2 aliphatic heterocycles. The summed E-state index contributed by atoms with van der Waals surface area (Å²) in [6.45, 7) is 2.75. The summed E-state index contributed by atoms with van der Waals surface area (Å²) in [7, 11) is 0. The van der Waals surface area contributed by atoms with Crippen LogP contribution in [-0.4, -0.2) is 46.3 Å². The molecule has 2 aromatic rings. The Hall–Kier alpha value is -2.32. The first-order valence-corrected chi connectivity index (χ1v) is 9.23. The summed E-state index contributed by atoms with van der Waals surface area (Å²) in [5, 5.41) is 6.76. The number of hydrogen-bond donors (Lipinski definition) is 2. The van der Waals surface area contributed by atoms with E-state index < -0.39 is 0 Å². The number of aromatic nitrogens is 2. The van der Waals surface area contributed by atoms with Gasteiger partial charge >= 0.3 is 0 Å². The lowest BCUT2D eigenvalue weighted by Crippen LogP contribution is -2.35. The van der Waals surface area contributed by atoms with Crippen LogP contribution in [0.4, 0.5) is 5.13 Å². The quantitative estimate of drug-likeness (QED) is 0.864. The van der Waals surface area contributed by atoms with Gasteiger partial charge < -0.3 is 15.5 Å². The van der Waals surface area contributed by atoms with Crippen molar-refractivity contribution in [2.24, 2.45) is 5.92 Å². The molecule has 0 spiro atoms. The Labute approximate surface area is 149 Å². The molecule has 8 heteroatoms. The maximum atomic E-state index is 12.5. The van der Waals surface area contributed by atoms with E-state index in [4.69, 9.17) is 0 Å². The predicted molar refractivity (Wildman–Crippen MR) is 94.4 cm³/mol. The summed E-state index contributed by atoms with van der Waals surface area (Å²) in [6, 6.07) is 5.34. The second-order valence-electron chi connectivity index (χ2n) is 6.26. The molecule has 0 aliphatic carbocycles. The SMILES string of the molecule is O=C(Nc1nc2c(s1)CN(C(=O)c1ccccn1)CC2)[C@H]1CCNC1. The molecule has 0 unspecified atom stereocenters. The van der Waals surface area contributed by atoms with Crippen molar-refractivity contribution in [2.45, 2.75) is 19.4 Å². The van der Waals surface area contributed by atoms with Crippen LogP contribution in [0, 0.1) is 5.92 Å². The van der Waals surface area contributed by atoms with Crippen molar-refractivity contribution < 1.29 is 9.59 Å². The summed E-state index contributed by atoms with van der Waals surface area (Å²) in [5.74, 6) is -0.0251. The number of hydrogen-bond acceptors (Lipinski definition) is 6. The van der Waals surface area contributed by atoms with E-state index >= 15 is 0 Å². The number of thiazole rings is 1. The fourth-order valence-electron chi connectivity index (χ4n) is 3.16. The second-order valence-corrected chi connectivity index (χ2v) is 7.34. The highest BCUT2D eigenvalue weighted by atomic mass is 32.1. The third-order valence-corrected chi connectivity index (χ3v) is 5.56. The average molecular weight is 357 g/mol. The molecule has 1 atom stereocenters. The zero-order chi connectivity index (χ0) is 17.2. The van der Waals surface area contributed by atoms with E-state index in [1.54, 1.807) is 23.2 Å². The molecule has 2 aliphatic rings. The first kappa shape index (κ1) is 16.2. The zero-order valence-corrected chi connectivity index (χ0v) is 14.5. The topological polar surface area (TPSA) is 87.2 Å². The average Bonchev–Trinajstić information content (AvgIpc) is 3.30. The first-order chi connectivity index (χ1) is 12.2. The lowest BCUT2D eigenvalue weighted by atomic mass is 10.1. The molecular weight excluding hydrogens is 338 g/mol. The van der Waals surface area contributed by atoms with Gasteiger partial charge in [-0.05, 0) is 25.1 Å². The predicted octanol–water partition coefficient (Wildman–Crippen LogP) is 1.28.